The number of nitrogens with zero attached hydrogens (tertiary/aromatic N) is 1. The van der Waals surface area contributed by atoms with Crippen LogP contribution in [0.5, 0.6) is 5.75 Å². The van der Waals surface area contributed by atoms with E-state index in [-0.39, 0.29) is 0 Å². The first-order valence-electron chi connectivity index (χ1n) is 6.53. The fourth-order valence-electron chi connectivity index (χ4n) is 2.15. The minimum absolute atomic E-state index is 0.856. The van der Waals surface area contributed by atoms with Crippen molar-refractivity contribution in [2.75, 3.05) is 7.11 Å². The monoisotopic (exact) mass is 261 g/mol. The highest BCUT2D eigenvalue weighted by atomic mass is 16.5. The van der Waals surface area contributed by atoms with Crippen molar-refractivity contribution in [2.45, 2.75) is 0 Å². The Bertz CT molecular complexity index is 690. The van der Waals surface area contributed by atoms with E-state index in [4.69, 9.17) is 4.74 Å². The molecule has 0 aliphatic carbocycles. The molecule has 0 radical (unpaired) electrons. The summed E-state index contributed by atoms with van der Waals surface area (Å²) in [6.07, 6.45) is 1.90. The summed E-state index contributed by atoms with van der Waals surface area (Å²) in [4.78, 5) is 4.54. The van der Waals surface area contributed by atoms with Crippen LogP contribution in [0.15, 0.2) is 72.9 Å². The number of benzene rings is 2. The Morgan fingerprint density at radius 2 is 1.55 bits per heavy atom. The summed E-state index contributed by atoms with van der Waals surface area (Å²) in [5.41, 5.74) is 4.31. The zero-order valence-electron chi connectivity index (χ0n) is 11.3. The molecule has 0 bridgehead atoms. The molecule has 20 heavy (non-hydrogen) atoms. The molecule has 0 unspecified atom stereocenters. The average Bonchev–Trinajstić information content (AvgIpc) is 2.56. The van der Waals surface area contributed by atoms with Crippen LogP contribution in [0.4, 0.5) is 0 Å². The normalized spacial score (nSPS) is 10.2. The van der Waals surface area contributed by atoms with Crippen molar-refractivity contribution in [3.05, 3.63) is 72.9 Å². The fraction of sp³-hybridized carbons (Fsp3) is 0.0556. The molecule has 0 aliphatic heterocycles. The third kappa shape index (κ3) is 2.54. The van der Waals surface area contributed by atoms with Gasteiger partial charge in [-0.25, -0.2) is 0 Å². The highest BCUT2D eigenvalue weighted by molar-refractivity contribution is 5.67. The Balaban J connectivity index is 1.93. The maximum atomic E-state index is 5.25. The standard InChI is InChI=1S/C18H15NO/c1-20-17-9-5-8-15(12-17)16-10-11-18(19-13-16)14-6-3-2-4-7-14/h2-13H,1H3. The summed E-state index contributed by atoms with van der Waals surface area (Å²) in [5.74, 6) is 0.856. The van der Waals surface area contributed by atoms with E-state index in [1.165, 1.54) is 0 Å². The zero-order chi connectivity index (χ0) is 13.8. The Labute approximate surface area is 118 Å². The highest BCUT2D eigenvalue weighted by Crippen LogP contribution is 2.25. The molecule has 3 aromatic rings. The smallest absolute Gasteiger partial charge is 0.119 e. The Morgan fingerprint density at radius 3 is 2.25 bits per heavy atom. The molecule has 0 spiro atoms. The molecule has 1 aromatic heterocycles. The summed E-state index contributed by atoms with van der Waals surface area (Å²) in [6.45, 7) is 0. The summed E-state index contributed by atoms with van der Waals surface area (Å²) < 4.78 is 5.25. The molecule has 0 aliphatic rings. The molecule has 2 heteroatoms. The van der Waals surface area contributed by atoms with E-state index < -0.39 is 0 Å². The maximum Gasteiger partial charge on any atom is 0.119 e. The molecule has 0 atom stereocenters. The van der Waals surface area contributed by atoms with Crippen molar-refractivity contribution >= 4 is 0 Å². The lowest BCUT2D eigenvalue weighted by Gasteiger charge is -2.06. The number of pyridine rings is 1. The van der Waals surface area contributed by atoms with Gasteiger partial charge < -0.3 is 4.74 Å². The van der Waals surface area contributed by atoms with Gasteiger partial charge in [-0.2, -0.15) is 0 Å². The predicted molar refractivity (Wildman–Crippen MR) is 81.7 cm³/mol. The second kappa shape index (κ2) is 5.57. The van der Waals surface area contributed by atoms with E-state index in [1.807, 2.05) is 48.7 Å². The fourth-order valence-corrected chi connectivity index (χ4v) is 2.15. The van der Waals surface area contributed by atoms with Crippen molar-refractivity contribution in [1.82, 2.24) is 4.98 Å². The van der Waals surface area contributed by atoms with Crippen molar-refractivity contribution in [3.8, 4) is 28.1 Å². The van der Waals surface area contributed by atoms with Gasteiger partial charge in [-0.3, -0.25) is 4.98 Å². The van der Waals surface area contributed by atoms with Crippen LogP contribution in [0.1, 0.15) is 0 Å². The quantitative estimate of drug-likeness (QED) is 0.696. The first-order chi connectivity index (χ1) is 9.86. The molecule has 2 nitrogen and oxygen atoms in total. The van der Waals surface area contributed by atoms with Crippen molar-refractivity contribution in [1.29, 1.82) is 0 Å². The molecule has 2 aromatic carbocycles. The van der Waals surface area contributed by atoms with Crippen LogP contribution in [-0.4, -0.2) is 12.1 Å². The van der Waals surface area contributed by atoms with Crippen molar-refractivity contribution in [2.24, 2.45) is 0 Å². The van der Waals surface area contributed by atoms with E-state index in [1.54, 1.807) is 7.11 Å². The molecular formula is C18H15NO. The average molecular weight is 261 g/mol. The lowest BCUT2D eigenvalue weighted by atomic mass is 10.1. The first kappa shape index (κ1) is 12.4. The summed E-state index contributed by atoms with van der Waals surface area (Å²) in [7, 11) is 1.68. The topological polar surface area (TPSA) is 22.1 Å². The van der Waals surface area contributed by atoms with Gasteiger partial charge in [-0.15, -0.1) is 0 Å². The third-order valence-electron chi connectivity index (χ3n) is 3.24. The van der Waals surface area contributed by atoms with Gasteiger partial charge in [0.2, 0.25) is 0 Å². The van der Waals surface area contributed by atoms with Gasteiger partial charge in [0.05, 0.1) is 12.8 Å². The van der Waals surface area contributed by atoms with E-state index in [2.05, 4.69) is 29.2 Å². The van der Waals surface area contributed by atoms with Crippen molar-refractivity contribution < 1.29 is 4.74 Å². The van der Waals surface area contributed by atoms with Gasteiger partial charge in [0.1, 0.15) is 5.75 Å². The van der Waals surface area contributed by atoms with E-state index in [0.29, 0.717) is 0 Å². The minimum atomic E-state index is 0.856. The highest BCUT2D eigenvalue weighted by Gasteiger charge is 2.02. The van der Waals surface area contributed by atoms with Crippen LogP contribution in [0.3, 0.4) is 0 Å². The molecule has 1 heterocycles. The molecule has 0 fully saturated rings. The van der Waals surface area contributed by atoms with Crippen LogP contribution in [0.25, 0.3) is 22.4 Å². The van der Waals surface area contributed by atoms with Gasteiger partial charge >= 0.3 is 0 Å². The minimum Gasteiger partial charge on any atom is -0.497 e. The Kier molecular flexibility index (Phi) is 3.46. The number of hydrogen-bond acceptors (Lipinski definition) is 2. The molecule has 3 rings (SSSR count). The number of aromatic nitrogens is 1. The van der Waals surface area contributed by atoms with Crippen molar-refractivity contribution in [3.63, 3.8) is 0 Å². The van der Waals surface area contributed by atoms with Crippen LogP contribution < -0.4 is 4.74 Å². The molecular weight excluding hydrogens is 246 g/mol. The number of ether oxygens (including phenoxy) is 1. The summed E-state index contributed by atoms with van der Waals surface area (Å²) >= 11 is 0. The summed E-state index contributed by atoms with van der Waals surface area (Å²) in [5, 5.41) is 0. The van der Waals surface area contributed by atoms with Crippen LogP contribution in [0, 0.1) is 0 Å². The van der Waals surface area contributed by atoms with E-state index in [9.17, 15) is 0 Å². The first-order valence-corrected chi connectivity index (χ1v) is 6.53. The number of rotatable bonds is 3. The summed E-state index contributed by atoms with van der Waals surface area (Å²) in [6, 6.07) is 22.3. The maximum absolute atomic E-state index is 5.25. The van der Waals surface area contributed by atoms with Crippen LogP contribution in [0.2, 0.25) is 0 Å². The largest absolute Gasteiger partial charge is 0.497 e. The van der Waals surface area contributed by atoms with Gasteiger partial charge in [0.25, 0.3) is 0 Å². The lowest BCUT2D eigenvalue weighted by Crippen LogP contribution is -1.86. The SMILES string of the molecule is COc1cccc(-c2ccc(-c3ccccc3)nc2)c1. The third-order valence-corrected chi connectivity index (χ3v) is 3.24. The lowest BCUT2D eigenvalue weighted by molar-refractivity contribution is 0.415. The number of methoxy groups -OCH3 is 1. The Hall–Kier alpha value is -2.61. The second-order valence-corrected chi connectivity index (χ2v) is 4.53. The second-order valence-electron chi connectivity index (χ2n) is 4.53. The number of hydrogen-bond donors (Lipinski definition) is 0. The van der Waals surface area contributed by atoms with Crippen LogP contribution >= 0.6 is 0 Å². The molecule has 0 amide bonds. The zero-order valence-corrected chi connectivity index (χ0v) is 11.3. The predicted octanol–water partition coefficient (Wildman–Crippen LogP) is 4.42. The molecule has 0 N–H and O–H groups in total. The molecule has 98 valence electrons. The molecule has 0 saturated carbocycles. The molecule has 0 saturated heterocycles. The van der Waals surface area contributed by atoms with Gasteiger partial charge in [0, 0.05) is 17.3 Å². The van der Waals surface area contributed by atoms with E-state index in [0.717, 1.165) is 28.1 Å². The Morgan fingerprint density at radius 1 is 0.750 bits per heavy atom. The van der Waals surface area contributed by atoms with Crippen LogP contribution in [-0.2, 0) is 0 Å². The van der Waals surface area contributed by atoms with Gasteiger partial charge in [0.15, 0.2) is 0 Å². The van der Waals surface area contributed by atoms with Gasteiger partial charge in [-0.05, 0) is 23.8 Å². The van der Waals surface area contributed by atoms with E-state index >= 15 is 0 Å². The van der Waals surface area contributed by atoms with Gasteiger partial charge in [-0.1, -0.05) is 48.5 Å².